The highest BCUT2D eigenvalue weighted by atomic mass is 35.5. The van der Waals surface area contributed by atoms with Crippen LogP contribution in [0, 0.1) is 0 Å². The Balaban J connectivity index is 2.45. The van der Waals surface area contributed by atoms with E-state index in [1.807, 2.05) is 18.2 Å². The molecule has 108 valence electrons. The molecule has 0 aliphatic carbocycles. The second kappa shape index (κ2) is 9.58. The van der Waals surface area contributed by atoms with Crippen molar-refractivity contribution in [2.24, 2.45) is 0 Å². The lowest BCUT2D eigenvalue weighted by Gasteiger charge is -2.10. The van der Waals surface area contributed by atoms with Gasteiger partial charge >= 0.3 is 0 Å². The molecule has 3 N–H and O–H groups in total. The van der Waals surface area contributed by atoms with Gasteiger partial charge in [0.15, 0.2) is 0 Å². The van der Waals surface area contributed by atoms with Crippen molar-refractivity contribution < 1.29 is 14.9 Å². The van der Waals surface area contributed by atoms with Gasteiger partial charge in [0.05, 0.1) is 19.3 Å². The van der Waals surface area contributed by atoms with E-state index in [1.54, 1.807) is 7.11 Å². The van der Waals surface area contributed by atoms with Gasteiger partial charge in [0.2, 0.25) is 0 Å². The number of thioether (sulfide) groups is 1. The molecule has 1 aromatic rings. The molecule has 1 aromatic carbocycles. The molecule has 0 aromatic heterocycles. The van der Waals surface area contributed by atoms with Crippen LogP contribution in [-0.4, -0.2) is 48.9 Å². The number of hydrogen-bond donors (Lipinski definition) is 3. The Morgan fingerprint density at radius 3 is 2.89 bits per heavy atom. The minimum atomic E-state index is -0.695. The summed E-state index contributed by atoms with van der Waals surface area (Å²) in [6.07, 6.45) is -0.695. The number of benzene rings is 1. The zero-order chi connectivity index (χ0) is 14.1. The van der Waals surface area contributed by atoms with Gasteiger partial charge in [0, 0.05) is 35.9 Å². The highest BCUT2D eigenvalue weighted by molar-refractivity contribution is 7.99. The van der Waals surface area contributed by atoms with Crippen molar-refractivity contribution in [2.45, 2.75) is 17.5 Å². The number of halogens is 1. The Morgan fingerprint density at radius 1 is 1.47 bits per heavy atom. The standard InChI is InChI=1S/C13H20ClNO3S/c1-18-5-4-15-7-10-2-3-12(6-13(10)14)19-9-11(17)8-16/h2-3,6,11,15-17H,4-5,7-9H2,1H3. The first-order chi connectivity index (χ1) is 9.17. The molecule has 0 bridgehead atoms. The van der Waals surface area contributed by atoms with Gasteiger partial charge in [-0.25, -0.2) is 0 Å². The van der Waals surface area contributed by atoms with Gasteiger partial charge in [-0.15, -0.1) is 11.8 Å². The fourth-order valence-electron chi connectivity index (χ4n) is 1.40. The third-order valence-corrected chi connectivity index (χ3v) is 3.97. The van der Waals surface area contributed by atoms with E-state index in [0.29, 0.717) is 23.9 Å². The van der Waals surface area contributed by atoms with Crippen molar-refractivity contribution in [1.29, 1.82) is 0 Å². The average Bonchev–Trinajstić information content (AvgIpc) is 2.42. The molecule has 1 atom stereocenters. The molecule has 0 radical (unpaired) electrons. The van der Waals surface area contributed by atoms with Crippen molar-refractivity contribution in [3.8, 4) is 0 Å². The van der Waals surface area contributed by atoms with Crippen LogP contribution in [0.2, 0.25) is 5.02 Å². The molecule has 1 rings (SSSR count). The van der Waals surface area contributed by atoms with E-state index in [4.69, 9.17) is 21.4 Å². The molecular weight excluding hydrogens is 286 g/mol. The lowest BCUT2D eigenvalue weighted by molar-refractivity contribution is 0.113. The number of nitrogens with one attached hydrogen (secondary N) is 1. The molecule has 6 heteroatoms. The first-order valence-electron chi connectivity index (χ1n) is 6.07. The van der Waals surface area contributed by atoms with Gasteiger partial charge in [-0.1, -0.05) is 17.7 Å². The van der Waals surface area contributed by atoms with Crippen LogP contribution in [0.1, 0.15) is 5.56 Å². The largest absolute Gasteiger partial charge is 0.394 e. The molecule has 0 amide bonds. The predicted molar refractivity (Wildman–Crippen MR) is 78.9 cm³/mol. The Bertz CT molecular complexity index is 379. The maximum atomic E-state index is 9.28. The summed E-state index contributed by atoms with van der Waals surface area (Å²) in [7, 11) is 1.67. The normalized spacial score (nSPS) is 12.6. The Hall–Kier alpha value is -0.300. The minimum absolute atomic E-state index is 0.220. The van der Waals surface area contributed by atoms with Crippen molar-refractivity contribution in [1.82, 2.24) is 5.32 Å². The van der Waals surface area contributed by atoms with E-state index in [0.717, 1.165) is 17.0 Å². The quantitative estimate of drug-likeness (QED) is 0.477. The summed E-state index contributed by atoms with van der Waals surface area (Å²) in [5.74, 6) is 0.457. The third kappa shape index (κ3) is 6.61. The maximum absolute atomic E-state index is 9.28. The van der Waals surface area contributed by atoms with Crippen molar-refractivity contribution in [2.75, 3.05) is 32.6 Å². The second-order valence-electron chi connectivity index (χ2n) is 4.07. The molecule has 19 heavy (non-hydrogen) atoms. The van der Waals surface area contributed by atoms with Gasteiger partial charge in [0.25, 0.3) is 0 Å². The van der Waals surface area contributed by atoms with Crippen LogP contribution in [0.5, 0.6) is 0 Å². The van der Waals surface area contributed by atoms with Crippen LogP contribution in [0.25, 0.3) is 0 Å². The number of aliphatic hydroxyl groups excluding tert-OH is 2. The van der Waals surface area contributed by atoms with E-state index >= 15 is 0 Å². The van der Waals surface area contributed by atoms with Crippen LogP contribution in [0.4, 0.5) is 0 Å². The fraction of sp³-hybridized carbons (Fsp3) is 0.538. The predicted octanol–water partition coefficient (Wildman–Crippen LogP) is 1.52. The number of aliphatic hydroxyl groups is 2. The lowest BCUT2D eigenvalue weighted by atomic mass is 10.2. The molecule has 1 unspecified atom stereocenters. The lowest BCUT2D eigenvalue weighted by Crippen LogP contribution is -2.18. The Labute approximate surface area is 123 Å². The maximum Gasteiger partial charge on any atom is 0.0864 e. The zero-order valence-corrected chi connectivity index (χ0v) is 12.5. The van der Waals surface area contributed by atoms with Crippen molar-refractivity contribution in [3.63, 3.8) is 0 Å². The summed E-state index contributed by atoms with van der Waals surface area (Å²) < 4.78 is 4.95. The molecule has 0 heterocycles. The summed E-state index contributed by atoms with van der Waals surface area (Å²) in [6, 6.07) is 5.81. The first-order valence-corrected chi connectivity index (χ1v) is 7.43. The summed E-state index contributed by atoms with van der Waals surface area (Å²) in [5, 5.41) is 22.0. The van der Waals surface area contributed by atoms with E-state index in [2.05, 4.69) is 5.32 Å². The molecule has 0 aliphatic heterocycles. The Kier molecular flexibility index (Phi) is 8.45. The minimum Gasteiger partial charge on any atom is -0.394 e. The summed E-state index contributed by atoms with van der Waals surface area (Å²) in [5.41, 5.74) is 1.03. The van der Waals surface area contributed by atoms with Crippen LogP contribution in [0.15, 0.2) is 23.1 Å². The number of rotatable bonds is 9. The highest BCUT2D eigenvalue weighted by Crippen LogP contribution is 2.25. The number of hydrogen-bond acceptors (Lipinski definition) is 5. The molecule has 0 saturated heterocycles. The van der Waals surface area contributed by atoms with Gasteiger partial charge in [-0.3, -0.25) is 0 Å². The number of methoxy groups -OCH3 is 1. The molecule has 0 spiro atoms. The van der Waals surface area contributed by atoms with Crippen LogP contribution >= 0.6 is 23.4 Å². The monoisotopic (exact) mass is 305 g/mol. The molecule has 0 aliphatic rings. The first kappa shape index (κ1) is 16.8. The smallest absolute Gasteiger partial charge is 0.0864 e. The average molecular weight is 306 g/mol. The fourth-order valence-corrected chi connectivity index (χ4v) is 2.57. The second-order valence-corrected chi connectivity index (χ2v) is 5.57. The SMILES string of the molecule is COCCNCc1ccc(SCC(O)CO)cc1Cl. The Morgan fingerprint density at radius 2 is 2.26 bits per heavy atom. The van der Waals surface area contributed by atoms with Crippen LogP contribution in [0.3, 0.4) is 0 Å². The van der Waals surface area contributed by atoms with Gasteiger partial charge in [-0.2, -0.15) is 0 Å². The number of ether oxygens (including phenoxy) is 1. The van der Waals surface area contributed by atoms with E-state index in [1.165, 1.54) is 11.8 Å². The van der Waals surface area contributed by atoms with E-state index < -0.39 is 6.10 Å². The van der Waals surface area contributed by atoms with Crippen LogP contribution < -0.4 is 5.32 Å². The molecule has 0 fully saturated rings. The van der Waals surface area contributed by atoms with Gasteiger partial charge in [-0.05, 0) is 17.7 Å². The molecule has 0 saturated carbocycles. The summed E-state index contributed by atoms with van der Waals surface area (Å²) in [6.45, 7) is 1.94. The van der Waals surface area contributed by atoms with E-state index in [-0.39, 0.29) is 6.61 Å². The topological polar surface area (TPSA) is 61.7 Å². The summed E-state index contributed by atoms with van der Waals surface area (Å²) in [4.78, 5) is 0.984. The van der Waals surface area contributed by atoms with Crippen molar-refractivity contribution >= 4 is 23.4 Å². The molecular formula is C13H20ClNO3S. The van der Waals surface area contributed by atoms with Crippen LogP contribution in [-0.2, 0) is 11.3 Å². The van der Waals surface area contributed by atoms with Crippen molar-refractivity contribution in [3.05, 3.63) is 28.8 Å². The van der Waals surface area contributed by atoms with Gasteiger partial charge < -0.3 is 20.3 Å². The summed E-state index contributed by atoms with van der Waals surface area (Å²) >= 11 is 7.67. The van der Waals surface area contributed by atoms with Gasteiger partial charge in [0.1, 0.15) is 0 Å². The highest BCUT2D eigenvalue weighted by Gasteiger charge is 2.06. The molecule has 4 nitrogen and oxygen atoms in total. The van der Waals surface area contributed by atoms with E-state index in [9.17, 15) is 5.11 Å². The zero-order valence-electron chi connectivity index (χ0n) is 10.9. The third-order valence-electron chi connectivity index (χ3n) is 2.48.